The number of ether oxygens (including phenoxy) is 1. The first-order valence-corrected chi connectivity index (χ1v) is 13.8. The molecule has 0 amide bonds. The van der Waals surface area contributed by atoms with Gasteiger partial charge in [-0.25, -0.2) is 0 Å². The molecule has 5 heteroatoms. The molecule has 0 spiro atoms. The summed E-state index contributed by atoms with van der Waals surface area (Å²) in [4.78, 5) is 0. The fourth-order valence-corrected chi connectivity index (χ4v) is 8.22. The summed E-state index contributed by atoms with van der Waals surface area (Å²) in [5.41, 5.74) is 2.82. The van der Waals surface area contributed by atoms with E-state index in [-0.39, 0.29) is 5.41 Å². The first-order chi connectivity index (χ1) is 16.6. The molecule has 3 aromatic rings. The average molecular weight is 487 g/mol. The topological polar surface area (TPSA) is 44.8 Å². The van der Waals surface area contributed by atoms with E-state index in [9.17, 15) is 4.57 Å². The molecule has 4 nitrogen and oxygen atoms in total. The van der Waals surface area contributed by atoms with Crippen molar-refractivity contribution in [2.24, 2.45) is 10.8 Å². The Morgan fingerprint density at radius 1 is 0.714 bits per heavy atom. The van der Waals surface area contributed by atoms with Crippen LogP contribution in [0.25, 0.3) is 0 Å². The van der Waals surface area contributed by atoms with E-state index in [1.54, 1.807) is 5.82 Å². The van der Waals surface area contributed by atoms with Gasteiger partial charge in [0.2, 0.25) is 0 Å². The zero-order chi connectivity index (χ0) is 24.5. The molecule has 0 aromatic heterocycles. The molecule has 0 saturated carbocycles. The molecule has 2 atom stereocenters. The summed E-state index contributed by atoms with van der Waals surface area (Å²) in [6.07, 6.45) is 0. The fourth-order valence-electron chi connectivity index (χ4n) is 6.11. The molecule has 3 aromatic carbocycles. The van der Waals surface area contributed by atoms with Gasteiger partial charge in [0.1, 0.15) is 11.2 Å². The first-order valence-electron chi connectivity index (χ1n) is 12.2. The van der Waals surface area contributed by atoms with Crippen LogP contribution in [0.5, 0.6) is 0 Å². The van der Waals surface area contributed by atoms with Crippen molar-refractivity contribution in [3.63, 3.8) is 0 Å². The predicted molar refractivity (Wildman–Crippen MR) is 137 cm³/mol. The number of hydrogen-bond acceptors (Lipinski definition) is 4. The van der Waals surface area contributed by atoms with Crippen molar-refractivity contribution in [3.8, 4) is 0 Å². The molecule has 0 radical (unpaired) electrons. The van der Waals surface area contributed by atoms with Crippen molar-refractivity contribution in [1.29, 1.82) is 0 Å². The van der Waals surface area contributed by atoms with Gasteiger partial charge in [-0.1, -0.05) is 113 Å². The average Bonchev–Trinajstić information content (AvgIpc) is 3.29. The summed E-state index contributed by atoms with van der Waals surface area (Å²) in [7, 11) is -3.49. The summed E-state index contributed by atoms with van der Waals surface area (Å²) >= 11 is 0. The van der Waals surface area contributed by atoms with Crippen LogP contribution in [0.2, 0.25) is 0 Å². The van der Waals surface area contributed by atoms with Crippen molar-refractivity contribution in [2.45, 2.75) is 38.9 Å². The van der Waals surface area contributed by atoms with Crippen molar-refractivity contribution in [2.75, 3.05) is 13.2 Å². The van der Waals surface area contributed by atoms with Gasteiger partial charge in [-0.05, 0) is 27.8 Å². The van der Waals surface area contributed by atoms with Crippen LogP contribution in [-0.4, -0.2) is 13.2 Å². The highest BCUT2D eigenvalue weighted by molar-refractivity contribution is 7.57. The molecular weight excluding hydrogens is 455 g/mol. The van der Waals surface area contributed by atoms with Crippen LogP contribution in [0, 0.1) is 10.8 Å². The molecule has 2 fully saturated rings. The standard InChI is InChI=1S/C30H31O4P/c1-27(2)20-32-35(31,33-21-27)19-26-28(3,4)30(23-15-9-6-10-16-23)25-18-12-11-17-24(25)29(26,34-30)22-13-7-5-8-14-22/h5-19H,20-21H2,1-4H3/b26-19+/t29-,30+/m1/s1. The van der Waals surface area contributed by atoms with Gasteiger partial charge in [0.05, 0.1) is 13.2 Å². The molecular formula is C30H31O4P. The lowest BCUT2D eigenvalue weighted by atomic mass is 9.57. The van der Waals surface area contributed by atoms with Crippen LogP contribution in [-0.2, 0) is 29.6 Å². The molecule has 3 heterocycles. The number of hydrogen-bond donors (Lipinski definition) is 0. The molecule has 0 N–H and O–H groups in total. The highest BCUT2D eigenvalue weighted by Crippen LogP contribution is 2.75. The van der Waals surface area contributed by atoms with Crippen LogP contribution in [0.15, 0.2) is 96.3 Å². The SMILES string of the molecule is CC1(C)COP(=O)(/C=C2\C(C)(C)[C@@]3(c4ccccc4)O[C@]2(c2ccccc2)c2ccccc23)OC1. The second-order valence-electron chi connectivity index (χ2n) is 11.2. The van der Waals surface area contributed by atoms with Gasteiger partial charge in [0.15, 0.2) is 0 Å². The maximum absolute atomic E-state index is 14.0. The smallest absolute Gasteiger partial charge is 0.344 e. The summed E-state index contributed by atoms with van der Waals surface area (Å²) in [5.74, 6) is 1.77. The highest BCUT2D eigenvalue weighted by atomic mass is 31.2. The Morgan fingerprint density at radius 3 is 1.83 bits per heavy atom. The second kappa shape index (κ2) is 7.51. The van der Waals surface area contributed by atoms with E-state index >= 15 is 0 Å². The summed E-state index contributed by atoms with van der Waals surface area (Å²) in [6, 6.07) is 29.0. The van der Waals surface area contributed by atoms with Gasteiger partial charge in [-0.15, -0.1) is 0 Å². The Hall–Kier alpha value is -2.49. The molecule has 180 valence electrons. The van der Waals surface area contributed by atoms with Crippen LogP contribution in [0.1, 0.15) is 49.9 Å². The third kappa shape index (κ3) is 3.07. The Bertz CT molecular complexity index is 1350. The molecule has 3 aliphatic rings. The zero-order valence-electron chi connectivity index (χ0n) is 20.7. The minimum atomic E-state index is -3.49. The lowest BCUT2D eigenvalue weighted by Crippen LogP contribution is -2.42. The quantitative estimate of drug-likeness (QED) is 0.362. The van der Waals surface area contributed by atoms with E-state index in [0.29, 0.717) is 13.2 Å². The Kier molecular flexibility index (Phi) is 4.92. The van der Waals surface area contributed by atoms with Crippen molar-refractivity contribution < 1.29 is 18.3 Å². The molecule has 0 unspecified atom stereocenters. The van der Waals surface area contributed by atoms with Gasteiger partial charge in [0.25, 0.3) is 0 Å². The largest absolute Gasteiger partial charge is 0.354 e. The van der Waals surface area contributed by atoms with Crippen LogP contribution in [0.4, 0.5) is 0 Å². The Balaban J connectivity index is 1.67. The molecule has 35 heavy (non-hydrogen) atoms. The van der Waals surface area contributed by atoms with E-state index in [1.165, 1.54) is 0 Å². The highest BCUT2D eigenvalue weighted by Gasteiger charge is 2.72. The Morgan fingerprint density at radius 2 is 1.23 bits per heavy atom. The lowest BCUT2D eigenvalue weighted by molar-refractivity contribution is -0.0643. The molecule has 3 aliphatic heterocycles. The minimum Gasteiger partial charge on any atom is -0.344 e. The minimum absolute atomic E-state index is 0.178. The lowest BCUT2D eigenvalue weighted by Gasteiger charge is -2.43. The number of fused-ring (bicyclic) bond motifs is 5. The van der Waals surface area contributed by atoms with Gasteiger partial charge in [-0.3, -0.25) is 4.57 Å². The third-order valence-corrected chi connectivity index (χ3v) is 9.40. The molecule has 2 bridgehead atoms. The van der Waals surface area contributed by atoms with E-state index in [4.69, 9.17) is 13.8 Å². The van der Waals surface area contributed by atoms with Gasteiger partial charge in [-0.2, -0.15) is 0 Å². The Labute approximate surface area is 207 Å². The summed E-state index contributed by atoms with van der Waals surface area (Å²) in [6.45, 7) is 9.25. The number of benzene rings is 3. The third-order valence-electron chi connectivity index (χ3n) is 7.84. The zero-order valence-corrected chi connectivity index (χ0v) is 21.5. The van der Waals surface area contributed by atoms with Crippen molar-refractivity contribution >= 4 is 7.60 Å². The number of rotatable bonds is 3. The van der Waals surface area contributed by atoms with Crippen LogP contribution in [0.3, 0.4) is 0 Å². The summed E-state index contributed by atoms with van der Waals surface area (Å²) < 4.78 is 33.2. The van der Waals surface area contributed by atoms with Gasteiger partial charge >= 0.3 is 7.60 Å². The summed E-state index contributed by atoms with van der Waals surface area (Å²) in [5, 5.41) is 0. The maximum Gasteiger partial charge on any atom is 0.354 e. The van der Waals surface area contributed by atoms with Gasteiger partial charge < -0.3 is 13.8 Å². The van der Waals surface area contributed by atoms with Crippen LogP contribution < -0.4 is 0 Å². The predicted octanol–water partition coefficient (Wildman–Crippen LogP) is 7.39. The van der Waals surface area contributed by atoms with E-state index < -0.39 is 24.2 Å². The monoisotopic (exact) mass is 486 g/mol. The van der Waals surface area contributed by atoms with Crippen molar-refractivity contribution in [1.82, 2.24) is 0 Å². The first kappa shape index (κ1) is 22.9. The molecule has 6 rings (SSSR count). The van der Waals surface area contributed by atoms with E-state index in [1.807, 2.05) is 36.4 Å². The normalized spacial score (nSPS) is 30.8. The second-order valence-corrected chi connectivity index (χ2v) is 13.0. The van der Waals surface area contributed by atoms with Gasteiger partial charge in [0, 0.05) is 16.6 Å². The van der Waals surface area contributed by atoms with Crippen LogP contribution >= 0.6 is 7.60 Å². The molecule has 2 saturated heterocycles. The van der Waals surface area contributed by atoms with E-state index in [2.05, 4.69) is 76.2 Å². The fraction of sp³-hybridized carbons (Fsp3) is 0.333. The van der Waals surface area contributed by atoms with E-state index in [0.717, 1.165) is 27.8 Å². The maximum atomic E-state index is 14.0. The molecule has 0 aliphatic carbocycles. The van der Waals surface area contributed by atoms with Crippen molar-refractivity contribution in [3.05, 3.63) is 119 Å².